The van der Waals surface area contributed by atoms with Crippen LogP contribution in [0.5, 0.6) is 0 Å². The normalized spacial score (nSPS) is 31.1. The molecule has 6 heteroatoms. The number of hydrogen-bond acceptors (Lipinski definition) is 5. The molecule has 1 saturated carbocycles. The minimum atomic E-state index is -1.06. The molecule has 1 heterocycles. The third-order valence-electron chi connectivity index (χ3n) is 3.44. The van der Waals surface area contributed by atoms with Crippen LogP contribution in [-0.2, 0) is 4.93 Å². The molecule has 2 nitrogen and oxygen atoms in total. The number of aliphatic hydroxyl groups is 1. The van der Waals surface area contributed by atoms with Gasteiger partial charge >= 0.3 is 0 Å². The summed E-state index contributed by atoms with van der Waals surface area (Å²) in [5, 5.41) is 13.7. The van der Waals surface area contributed by atoms with Crippen molar-refractivity contribution in [2.75, 3.05) is 5.75 Å². The maximum Gasteiger partial charge on any atom is 0.165 e. The molecule has 1 aromatic rings. The third kappa shape index (κ3) is 3.65. The van der Waals surface area contributed by atoms with Crippen LogP contribution in [0.4, 0.5) is 4.39 Å². The number of halogens is 1. The van der Waals surface area contributed by atoms with Crippen molar-refractivity contribution in [3.8, 4) is 0 Å². The lowest BCUT2D eigenvalue weighted by atomic mass is 9.83. The fraction of sp³-hybridized carbons (Fsp3) is 0.769. The first-order chi connectivity index (χ1) is 9.06. The zero-order valence-corrected chi connectivity index (χ0v) is 13.5. The van der Waals surface area contributed by atoms with Crippen molar-refractivity contribution in [3.63, 3.8) is 0 Å². The minimum Gasteiger partial charge on any atom is -0.372 e. The smallest absolute Gasteiger partial charge is 0.165 e. The molecule has 0 bridgehead atoms. The average Bonchev–Trinajstić information content (AvgIpc) is 2.89. The number of thiazole rings is 1. The molecule has 0 spiro atoms. The summed E-state index contributed by atoms with van der Waals surface area (Å²) < 4.78 is 13.8. The second-order valence-corrected chi connectivity index (χ2v) is 7.98. The molecule has 1 aliphatic carbocycles. The van der Waals surface area contributed by atoms with Gasteiger partial charge in [-0.3, -0.25) is 0 Å². The number of alkyl halides is 1. The van der Waals surface area contributed by atoms with Crippen molar-refractivity contribution in [2.45, 2.75) is 49.0 Å². The first-order valence-electron chi connectivity index (χ1n) is 6.64. The summed E-state index contributed by atoms with van der Waals surface area (Å²) in [5.41, 5.74) is 0. The first kappa shape index (κ1) is 15.6. The van der Waals surface area contributed by atoms with Gasteiger partial charge in [0.25, 0.3) is 0 Å². The maximum absolute atomic E-state index is 13.8. The van der Waals surface area contributed by atoms with Crippen LogP contribution in [0.3, 0.4) is 0 Å². The largest absolute Gasteiger partial charge is 0.372 e. The van der Waals surface area contributed by atoms with E-state index in [0.29, 0.717) is 17.8 Å². The molecule has 4 unspecified atom stereocenters. The molecular weight excluding hydrogens is 301 g/mol. The Labute approximate surface area is 127 Å². The topological polar surface area (TPSA) is 33.1 Å². The fourth-order valence-corrected chi connectivity index (χ4v) is 5.18. The molecule has 4 atom stereocenters. The molecule has 0 amide bonds. The van der Waals surface area contributed by atoms with Gasteiger partial charge in [-0.1, -0.05) is 6.92 Å². The van der Waals surface area contributed by atoms with Crippen LogP contribution in [0.1, 0.15) is 37.6 Å². The van der Waals surface area contributed by atoms with Gasteiger partial charge in [0.05, 0.1) is 0 Å². The Bertz CT molecular complexity index is 379. The Balaban J connectivity index is 2.21. The highest BCUT2D eigenvalue weighted by atomic mass is 32.2. The number of aromatic nitrogens is 1. The highest BCUT2D eigenvalue weighted by Gasteiger charge is 2.45. The van der Waals surface area contributed by atoms with Crippen molar-refractivity contribution in [3.05, 3.63) is 16.6 Å². The number of thioether (sulfide) groups is 1. The van der Waals surface area contributed by atoms with E-state index in [4.69, 9.17) is 0 Å². The summed E-state index contributed by atoms with van der Waals surface area (Å²) in [6.45, 7) is 2.08. The van der Waals surface area contributed by atoms with Crippen molar-refractivity contribution in [1.29, 1.82) is 0 Å². The monoisotopic (exact) mass is 321 g/mol. The summed E-state index contributed by atoms with van der Waals surface area (Å²) in [4.78, 5) is 3.21. The molecule has 1 fully saturated rings. The Kier molecular flexibility index (Phi) is 5.57. The van der Waals surface area contributed by atoms with E-state index in [1.165, 1.54) is 23.1 Å². The van der Waals surface area contributed by atoms with E-state index in [9.17, 15) is 9.50 Å². The highest BCUT2D eigenvalue weighted by Crippen LogP contribution is 2.48. The van der Waals surface area contributed by atoms with E-state index >= 15 is 0 Å². The van der Waals surface area contributed by atoms with Gasteiger partial charge in [0.15, 0.2) is 4.93 Å². The Morgan fingerprint density at radius 1 is 1.58 bits per heavy atom. The van der Waals surface area contributed by atoms with E-state index in [1.807, 2.05) is 5.38 Å². The number of hydrogen-bond donors (Lipinski definition) is 2. The second kappa shape index (κ2) is 6.78. The van der Waals surface area contributed by atoms with Gasteiger partial charge in [-0.25, -0.2) is 9.37 Å². The Morgan fingerprint density at radius 2 is 2.37 bits per heavy atom. The van der Waals surface area contributed by atoms with Crippen LogP contribution in [-0.4, -0.2) is 27.3 Å². The van der Waals surface area contributed by atoms with Crippen molar-refractivity contribution >= 4 is 35.7 Å². The standard InChI is InChI=1S/C13H20FNOS3/c1-2-4-19-13(16,12-15-3-5-18-12)9-6-10(14)8-11(17)7-9/h3,5,9-11,16-17H,2,4,6-8H2,1H3. The fourth-order valence-electron chi connectivity index (χ4n) is 2.55. The van der Waals surface area contributed by atoms with E-state index in [2.05, 4.69) is 24.5 Å². The molecule has 1 N–H and O–H groups in total. The molecule has 2 rings (SSSR count). The van der Waals surface area contributed by atoms with Gasteiger partial charge in [-0.05, 0) is 31.4 Å². The first-order valence-corrected chi connectivity index (χ1v) is 9.02. The van der Waals surface area contributed by atoms with Gasteiger partial charge in [-0.15, -0.1) is 23.1 Å². The minimum absolute atomic E-state index is 0.0301. The second-order valence-electron chi connectivity index (χ2n) is 5.04. The molecule has 0 aliphatic heterocycles. The van der Waals surface area contributed by atoms with Crippen LogP contribution in [0.15, 0.2) is 11.6 Å². The van der Waals surface area contributed by atoms with E-state index in [-0.39, 0.29) is 11.2 Å². The van der Waals surface area contributed by atoms with Gasteiger partial charge < -0.3 is 5.11 Å². The van der Waals surface area contributed by atoms with Crippen LogP contribution >= 0.6 is 35.7 Å². The van der Waals surface area contributed by atoms with Gasteiger partial charge in [-0.2, -0.15) is 12.6 Å². The summed E-state index contributed by atoms with van der Waals surface area (Å²) in [6.07, 6.45) is 3.46. The Hall–Kier alpha value is 0.220. The maximum atomic E-state index is 13.8. The Morgan fingerprint density at radius 3 is 2.95 bits per heavy atom. The quantitative estimate of drug-likeness (QED) is 0.638. The zero-order chi connectivity index (χ0) is 13.9. The summed E-state index contributed by atoms with van der Waals surface area (Å²) in [7, 11) is 0. The molecule has 1 aromatic heterocycles. The van der Waals surface area contributed by atoms with Gasteiger partial charge in [0.1, 0.15) is 11.2 Å². The number of thiol groups is 1. The molecule has 108 valence electrons. The van der Waals surface area contributed by atoms with Gasteiger partial charge in [0.2, 0.25) is 0 Å². The third-order valence-corrected chi connectivity index (χ3v) is 6.47. The van der Waals surface area contributed by atoms with Crippen LogP contribution in [0.2, 0.25) is 0 Å². The van der Waals surface area contributed by atoms with E-state index in [0.717, 1.165) is 18.6 Å². The molecule has 0 radical (unpaired) electrons. The molecule has 19 heavy (non-hydrogen) atoms. The summed E-state index contributed by atoms with van der Waals surface area (Å²) in [6, 6.07) is 0. The molecule has 0 saturated heterocycles. The SMILES string of the molecule is CCCSC(O)(c1nccs1)C1CC(F)CC(S)C1. The van der Waals surface area contributed by atoms with Crippen LogP contribution in [0, 0.1) is 5.92 Å². The predicted octanol–water partition coefficient (Wildman–Crippen LogP) is 3.87. The highest BCUT2D eigenvalue weighted by molar-refractivity contribution is 8.00. The lowest BCUT2D eigenvalue weighted by molar-refractivity contribution is 0.0299. The van der Waals surface area contributed by atoms with Crippen molar-refractivity contribution < 1.29 is 9.50 Å². The number of nitrogens with zero attached hydrogens (tertiary/aromatic N) is 1. The zero-order valence-electron chi connectivity index (χ0n) is 11.0. The van der Waals surface area contributed by atoms with E-state index < -0.39 is 11.1 Å². The predicted molar refractivity (Wildman–Crippen MR) is 83.8 cm³/mol. The number of rotatable bonds is 5. The average molecular weight is 322 g/mol. The molecule has 0 aromatic carbocycles. The summed E-state index contributed by atoms with van der Waals surface area (Å²) in [5.74, 6) is 0.738. The lowest BCUT2D eigenvalue weighted by Gasteiger charge is -2.39. The molecular formula is C13H20FNOS3. The van der Waals surface area contributed by atoms with Crippen LogP contribution < -0.4 is 0 Å². The van der Waals surface area contributed by atoms with Crippen molar-refractivity contribution in [1.82, 2.24) is 4.98 Å². The van der Waals surface area contributed by atoms with Crippen molar-refractivity contribution in [2.24, 2.45) is 5.92 Å². The molecule has 1 aliphatic rings. The lowest BCUT2D eigenvalue weighted by Crippen LogP contribution is -2.39. The van der Waals surface area contributed by atoms with Gasteiger partial charge in [0, 0.05) is 22.7 Å². The summed E-state index contributed by atoms with van der Waals surface area (Å²) >= 11 is 7.36. The van der Waals surface area contributed by atoms with E-state index in [1.54, 1.807) is 6.20 Å². The van der Waals surface area contributed by atoms with Crippen LogP contribution in [0.25, 0.3) is 0 Å².